The molecule has 3 N–H and O–H groups in total. The van der Waals surface area contributed by atoms with Gasteiger partial charge in [-0.15, -0.1) is 0 Å². The molecule has 2 amide bonds. The summed E-state index contributed by atoms with van der Waals surface area (Å²) in [4.78, 5) is 23.0. The molecule has 0 bridgehead atoms. The molecule has 0 rings (SSSR count). The average molecular weight is 243 g/mol. The third kappa shape index (κ3) is 6.94. The molecule has 0 saturated heterocycles. The minimum absolute atomic E-state index is 0.0819. The van der Waals surface area contributed by atoms with Crippen LogP contribution in [0.1, 0.15) is 34.6 Å². The molecule has 0 unspecified atom stereocenters. The van der Waals surface area contributed by atoms with Gasteiger partial charge in [-0.2, -0.15) is 0 Å². The second-order valence-electron chi connectivity index (χ2n) is 5.84. The largest absolute Gasteiger partial charge is 0.359 e. The molecule has 0 aromatic rings. The molecule has 17 heavy (non-hydrogen) atoms. The lowest BCUT2D eigenvalue weighted by atomic mass is 9.92. The number of rotatable bonds is 5. The van der Waals surface area contributed by atoms with Gasteiger partial charge in [-0.3, -0.25) is 9.59 Å². The predicted molar refractivity (Wildman–Crippen MR) is 68.6 cm³/mol. The van der Waals surface area contributed by atoms with Crippen LogP contribution in [0.4, 0.5) is 0 Å². The van der Waals surface area contributed by atoms with E-state index >= 15 is 0 Å². The summed E-state index contributed by atoms with van der Waals surface area (Å²) in [6.07, 6.45) is 0. The zero-order chi connectivity index (χ0) is 13.7. The molecule has 0 atom stereocenters. The average Bonchev–Trinajstić information content (AvgIpc) is 2.21. The van der Waals surface area contributed by atoms with Crippen LogP contribution in [0.5, 0.6) is 0 Å². The Morgan fingerprint density at radius 1 is 1.06 bits per heavy atom. The highest BCUT2D eigenvalue weighted by atomic mass is 16.2. The fraction of sp³-hybridized carbons (Fsp3) is 0.833. The van der Waals surface area contributed by atoms with Gasteiger partial charge in [0.15, 0.2) is 0 Å². The molecule has 0 aliphatic rings. The number of hydrogen-bond acceptors (Lipinski definition) is 3. The molecule has 0 fully saturated rings. The fourth-order valence-corrected chi connectivity index (χ4v) is 1.15. The first kappa shape index (κ1) is 15.9. The van der Waals surface area contributed by atoms with Crippen molar-refractivity contribution in [3.8, 4) is 0 Å². The molecule has 5 heteroatoms. The van der Waals surface area contributed by atoms with Crippen molar-refractivity contribution >= 4 is 11.8 Å². The van der Waals surface area contributed by atoms with Crippen molar-refractivity contribution in [3.05, 3.63) is 0 Å². The van der Waals surface area contributed by atoms with Crippen LogP contribution >= 0.6 is 0 Å². The molecule has 0 aliphatic carbocycles. The summed E-state index contributed by atoms with van der Waals surface area (Å²) in [5.74, 6) is -0.182. The Labute approximate surface area is 104 Å². The second kappa shape index (κ2) is 6.00. The lowest BCUT2D eigenvalue weighted by molar-refractivity contribution is -0.129. The van der Waals surface area contributed by atoms with Gasteiger partial charge in [0.1, 0.15) is 0 Å². The van der Waals surface area contributed by atoms with Crippen molar-refractivity contribution in [1.29, 1.82) is 0 Å². The van der Waals surface area contributed by atoms with E-state index in [0.717, 1.165) is 0 Å². The van der Waals surface area contributed by atoms with Crippen molar-refractivity contribution in [2.24, 2.45) is 5.41 Å². The first-order chi connectivity index (χ1) is 7.58. The molecule has 0 saturated carbocycles. The molecule has 0 aromatic heterocycles. The Morgan fingerprint density at radius 2 is 1.59 bits per heavy atom. The number of nitrogens with one attached hydrogen (secondary N) is 3. The lowest BCUT2D eigenvalue weighted by Crippen LogP contribution is -2.48. The monoisotopic (exact) mass is 243 g/mol. The maximum atomic E-state index is 11.5. The third-order valence-electron chi connectivity index (χ3n) is 2.35. The molecule has 0 heterocycles. The summed E-state index contributed by atoms with van der Waals surface area (Å²) in [7, 11) is 1.59. The van der Waals surface area contributed by atoms with Crippen molar-refractivity contribution < 1.29 is 9.59 Å². The minimum Gasteiger partial charge on any atom is -0.359 e. The summed E-state index contributed by atoms with van der Waals surface area (Å²) in [6.45, 7) is 10.2. The molecule has 0 aliphatic heterocycles. The van der Waals surface area contributed by atoms with Crippen LogP contribution in [0.2, 0.25) is 0 Å². The molecule has 100 valence electrons. The maximum Gasteiger partial charge on any atom is 0.234 e. The van der Waals surface area contributed by atoms with Gasteiger partial charge in [0.05, 0.1) is 12.0 Å². The molecular formula is C12H25N3O2. The molecule has 0 aromatic carbocycles. The Bertz CT molecular complexity index is 280. The van der Waals surface area contributed by atoms with Crippen LogP contribution in [0.15, 0.2) is 0 Å². The maximum absolute atomic E-state index is 11.5. The Hall–Kier alpha value is -1.10. The third-order valence-corrected chi connectivity index (χ3v) is 2.35. The second-order valence-corrected chi connectivity index (χ2v) is 5.84. The van der Waals surface area contributed by atoms with E-state index in [2.05, 4.69) is 16.0 Å². The van der Waals surface area contributed by atoms with E-state index in [9.17, 15) is 9.59 Å². The van der Waals surface area contributed by atoms with Crippen LogP contribution in [0.3, 0.4) is 0 Å². The zero-order valence-corrected chi connectivity index (χ0v) is 11.7. The van der Waals surface area contributed by atoms with Crippen molar-refractivity contribution in [1.82, 2.24) is 16.0 Å². The van der Waals surface area contributed by atoms with E-state index in [1.54, 1.807) is 20.9 Å². The predicted octanol–water partition coefficient (Wildman–Crippen LogP) is 0.263. The highest BCUT2D eigenvalue weighted by Gasteiger charge is 2.27. The Balaban J connectivity index is 4.04. The number of hydrogen-bond donors (Lipinski definition) is 3. The molecule has 5 nitrogen and oxygen atoms in total. The van der Waals surface area contributed by atoms with Crippen LogP contribution in [-0.2, 0) is 9.59 Å². The summed E-state index contributed by atoms with van der Waals surface area (Å²) in [6, 6.07) is 0. The van der Waals surface area contributed by atoms with Gasteiger partial charge >= 0.3 is 0 Å². The first-order valence-electron chi connectivity index (χ1n) is 5.82. The van der Waals surface area contributed by atoms with Gasteiger partial charge < -0.3 is 16.0 Å². The summed E-state index contributed by atoms with van der Waals surface area (Å²) in [5.41, 5.74) is -0.681. The van der Waals surface area contributed by atoms with E-state index in [4.69, 9.17) is 0 Å². The highest BCUT2D eigenvalue weighted by Crippen LogP contribution is 2.12. The van der Waals surface area contributed by atoms with Gasteiger partial charge in [0.25, 0.3) is 0 Å². The van der Waals surface area contributed by atoms with Gasteiger partial charge in [-0.1, -0.05) is 0 Å². The molecule has 0 radical (unpaired) electrons. The summed E-state index contributed by atoms with van der Waals surface area (Å²) in [5, 5.41) is 8.42. The van der Waals surface area contributed by atoms with E-state index in [-0.39, 0.29) is 23.9 Å². The quantitative estimate of drug-likeness (QED) is 0.649. The van der Waals surface area contributed by atoms with Gasteiger partial charge in [-0.05, 0) is 34.6 Å². The van der Waals surface area contributed by atoms with Crippen molar-refractivity contribution in [2.75, 3.05) is 20.1 Å². The first-order valence-corrected chi connectivity index (χ1v) is 5.82. The van der Waals surface area contributed by atoms with Crippen LogP contribution < -0.4 is 16.0 Å². The Kier molecular flexibility index (Phi) is 5.61. The smallest absolute Gasteiger partial charge is 0.234 e. The van der Waals surface area contributed by atoms with Crippen LogP contribution in [0.25, 0.3) is 0 Å². The van der Waals surface area contributed by atoms with Crippen molar-refractivity contribution in [3.63, 3.8) is 0 Å². The summed E-state index contributed by atoms with van der Waals surface area (Å²) >= 11 is 0. The van der Waals surface area contributed by atoms with Gasteiger partial charge in [-0.25, -0.2) is 0 Å². The van der Waals surface area contributed by atoms with Gasteiger partial charge in [0.2, 0.25) is 11.8 Å². The number of amides is 2. The Morgan fingerprint density at radius 3 is 2.00 bits per heavy atom. The van der Waals surface area contributed by atoms with E-state index < -0.39 is 5.41 Å². The zero-order valence-electron chi connectivity index (χ0n) is 11.7. The normalized spacial score (nSPS) is 12.1. The van der Waals surface area contributed by atoms with Crippen molar-refractivity contribution in [2.45, 2.75) is 40.2 Å². The number of carbonyl (C=O) groups excluding carboxylic acids is 2. The summed E-state index contributed by atoms with van der Waals surface area (Å²) < 4.78 is 0. The fourth-order valence-electron chi connectivity index (χ4n) is 1.15. The van der Waals surface area contributed by atoms with E-state index in [0.29, 0.717) is 6.54 Å². The van der Waals surface area contributed by atoms with E-state index in [1.165, 1.54) is 0 Å². The van der Waals surface area contributed by atoms with Crippen LogP contribution in [-0.4, -0.2) is 37.5 Å². The SMILES string of the molecule is CNC(=O)C(C)(C)CNC(=O)CNC(C)(C)C. The van der Waals surface area contributed by atoms with Crippen LogP contribution in [0, 0.1) is 5.41 Å². The lowest BCUT2D eigenvalue weighted by Gasteiger charge is -2.24. The minimum atomic E-state index is -0.591. The van der Waals surface area contributed by atoms with E-state index in [1.807, 2.05) is 20.8 Å². The molecular weight excluding hydrogens is 218 g/mol. The van der Waals surface area contributed by atoms with Gasteiger partial charge in [0, 0.05) is 19.1 Å². The molecule has 0 spiro atoms. The number of carbonyl (C=O) groups is 2. The standard InChI is InChI=1S/C12H25N3O2/c1-11(2,3)15-7-9(16)14-8-12(4,5)10(17)13-6/h15H,7-8H2,1-6H3,(H,13,17)(H,14,16). The highest BCUT2D eigenvalue weighted by molar-refractivity contribution is 5.83. The topological polar surface area (TPSA) is 70.2 Å².